The zero-order valence-electron chi connectivity index (χ0n) is 9.00. The minimum atomic E-state index is 0.00644. The molecule has 2 heterocycles. The van der Waals surface area contributed by atoms with Crippen LogP contribution in [0.15, 0.2) is 0 Å². The van der Waals surface area contributed by atoms with Gasteiger partial charge in [-0.3, -0.25) is 9.59 Å². The van der Waals surface area contributed by atoms with Gasteiger partial charge in [0.05, 0.1) is 6.04 Å². The second-order valence-corrected chi connectivity index (χ2v) is 4.37. The molecule has 2 aliphatic rings. The Kier molecular flexibility index (Phi) is 3.36. The molecule has 0 aliphatic carbocycles. The van der Waals surface area contributed by atoms with Gasteiger partial charge in [-0.2, -0.15) is 0 Å². The number of piperidine rings is 2. The summed E-state index contributed by atoms with van der Waals surface area (Å²) in [4.78, 5) is 24.9. The van der Waals surface area contributed by atoms with E-state index in [1.165, 1.54) is 6.42 Å². The second-order valence-electron chi connectivity index (χ2n) is 4.37. The Labute approximate surface area is 90.0 Å². The smallest absolute Gasteiger partial charge is 0.239 e. The summed E-state index contributed by atoms with van der Waals surface area (Å²) in [6.07, 6.45) is 4.33. The van der Waals surface area contributed by atoms with Crippen molar-refractivity contribution in [3.63, 3.8) is 0 Å². The Morgan fingerprint density at radius 3 is 2.60 bits per heavy atom. The maximum absolute atomic E-state index is 12.0. The maximum Gasteiger partial charge on any atom is 0.239 e. The standard InChI is InChI=1S/C11H18N2O2/c14-9-4-7-13(8-5-9)11(15)10-3-1-2-6-12-10/h10,12H,1-8H2/t10-/m0/s1. The fraction of sp³-hybridized carbons (Fsp3) is 0.818. The predicted molar refractivity (Wildman–Crippen MR) is 56.5 cm³/mol. The summed E-state index contributed by atoms with van der Waals surface area (Å²) in [5.74, 6) is 0.484. The van der Waals surface area contributed by atoms with E-state index in [0.717, 1.165) is 19.4 Å². The summed E-state index contributed by atoms with van der Waals surface area (Å²) < 4.78 is 0. The lowest BCUT2D eigenvalue weighted by Crippen LogP contribution is -2.50. The van der Waals surface area contributed by atoms with Crippen molar-refractivity contribution in [2.45, 2.75) is 38.1 Å². The molecule has 1 atom stereocenters. The van der Waals surface area contributed by atoms with Crippen molar-refractivity contribution in [3.8, 4) is 0 Å². The van der Waals surface area contributed by atoms with Crippen LogP contribution in [0.1, 0.15) is 32.1 Å². The highest BCUT2D eigenvalue weighted by atomic mass is 16.2. The number of hydrogen-bond acceptors (Lipinski definition) is 3. The van der Waals surface area contributed by atoms with Crippen molar-refractivity contribution in [1.82, 2.24) is 10.2 Å². The molecule has 0 aromatic carbocycles. The van der Waals surface area contributed by atoms with Crippen LogP contribution in [0.3, 0.4) is 0 Å². The second kappa shape index (κ2) is 4.75. The molecule has 2 aliphatic heterocycles. The van der Waals surface area contributed by atoms with Crippen LogP contribution in [0.4, 0.5) is 0 Å². The molecule has 2 saturated heterocycles. The monoisotopic (exact) mass is 210 g/mol. The SMILES string of the molecule is O=C1CCN(C(=O)[C@@H]2CCCCN2)CC1. The topological polar surface area (TPSA) is 49.4 Å². The molecule has 15 heavy (non-hydrogen) atoms. The van der Waals surface area contributed by atoms with E-state index in [1.807, 2.05) is 4.90 Å². The van der Waals surface area contributed by atoms with E-state index < -0.39 is 0 Å². The molecule has 1 amide bonds. The summed E-state index contributed by atoms with van der Waals surface area (Å²) in [6.45, 7) is 2.19. The normalized spacial score (nSPS) is 27.9. The van der Waals surface area contributed by atoms with Crippen molar-refractivity contribution in [2.24, 2.45) is 0 Å². The third-order valence-corrected chi connectivity index (χ3v) is 3.24. The lowest BCUT2D eigenvalue weighted by molar-refractivity contribution is -0.136. The Hall–Kier alpha value is -0.900. The third-order valence-electron chi connectivity index (χ3n) is 3.24. The summed E-state index contributed by atoms with van der Waals surface area (Å²) in [5, 5.41) is 3.25. The Balaban J connectivity index is 1.86. The third kappa shape index (κ3) is 2.56. The molecule has 4 heteroatoms. The molecular formula is C11H18N2O2. The first-order valence-corrected chi connectivity index (χ1v) is 5.81. The van der Waals surface area contributed by atoms with Crippen LogP contribution in [0.5, 0.6) is 0 Å². The fourth-order valence-corrected chi connectivity index (χ4v) is 2.26. The highest BCUT2D eigenvalue weighted by molar-refractivity contribution is 5.86. The van der Waals surface area contributed by atoms with Crippen LogP contribution >= 0.6 is 0 Å². The first-order valence-electron chi connectivity index (χ1n) is 5.81. The maximum atomic E-state index is 12.0. The first kappa shape index (κ1) is 10.6. The van der Waals surface area contributed by atoms with E-state index in [9.17, 15) is 9.59 Å². The zero-order valence-corrected chi connectivity index (χ0v) is 9.00. The van der Waals surface area contributed by atoms with Gasteiger partial charge in [-0.25, -0.2) is 0 Å². The molecular weight excluding hydrogens is 192 g/mol. The van der Waals surface area contributed by atoms with Gasteiger partial charge >= 0.3 is 0 Å². The molecule has 0 aromatic rings. The van der Waals surface area contributed by atoms with Crippen molar-refractivity contribution in [2.75, 3.05) is 19.6 Å². The van der Waals surface area contributed by atoms with Gasteiger partial charge in [0.15, 0.2) is 0 Å². The van der Waals surface area contributed by atoms with Crippen LogP contribution in [0.2, 0.25) is 0 Å². The largest absolute Gasteiger partial charge is 0.340 e. The molecule has 0 unspecified atom stereocenters. The zero-order chi connectivity index (χ0) is 10.7. The molecule has 84 valence electrons. The van der Waals surface area contributed by atoms with Crippen LogP contribution in [-0.4, -0.2) is 42.3 Å². The summed E-state index contributed by atoms with van der Waals surface area (Å²) in [5.41, 5.74) is 0. The molecule has 2 fully saturated rings. The van der Waals surface area contributed by atoms with Crippen molar-refractivity contribution >= 4 is 11.7 Å². The highest BCUT2D eigenvalue weighted by Crippen LogP contribution is 2.13. The summed E-state index contributed by atoms with van der Waals surface area (Å²) >= 11 is 0. The number of Topliss-reactive ketones (excluding diaryl/α,β-unsaturated/α-hetero) is 1. The summed E-state index contributed by atoms with van der Waals surface area (Å²) in [7, 11) is 0. The number of hydrogen-bond donors (Lipinski definition) is 1. The lowest BCUT2D eigenvalue weighted by atomic mass is 10.0. The van der Waals surface area contributed by atoms with Crippen LogP contribution in [-0.2, 0) is 9.59 Å². The van der Waals surface area contributed by atoms with Gasteiger partial charge in [-0.15, -0.1) is 0 Å². The molecule has 0 bridgehead atoms. The van der Waals surface area contributed by atoms with E-state index in [-0.39, 0.29) is 17.7 Å². The number of ketones is 1. The van der Waals surface area contributed by atoms with Crippen molar-refractivity contribution in [1.29, 1.82) is 0 Å². The minimum absolute atomic E-state index is 0.00644. The van der Waals surface area contributed by atoms with Gasteiger partial charge in [-0.05, 0) is 19.4 Å². The van der Waals surface area contributed by atoms with Crippen LogP contribution in [0.25, 0.3) is 0 Å². The number of rotatable bonds is 1. The molecule has 0 spiro atoms. The first-order chi connectivity index (χ1) is 7.27. The van der Waals surface area contributed by atoms with Crippen LogP contribution < -0.4 is 5.32 Å². The highest BCUT2D eigenvalue weighted by Gasteiger charge is 2.27. The quantitative estimate of drug-likeness (QED) is 0.678. The average Bonchev–Trinajstić information content (AvgIpc) is 2.30. The van der Waals surface area contributed by atoms with E-state index in [4.69, 9.17) is 0 Å². The van der Waals surface area contributed by atoms with E-state index in [1.54, 1.807) is 0 Å². The fourth-order valence-electron chi connectivity index (χ4n) is 2.26. The number of carbonyl (C=O) groups is 2. The van der Waals surface area contributed by atoms with Crippen LogP contribution in [0, 0.1) is 0 Å². The number of amides is 1. The van der Waals surface area contributed by atoms with E-state index >= 15 is 0 Å². The van der Waals surface area contributed by atoms with E-state index in [2.05, 4.69) is 5.32 Å². The molecule has 2 rings (SSSR count). The van der Waals surface area contributed by atoms with Crippen molar-refractivity contribution in [3.05, 3.63) is 0 Å². The molecule has 4 nitrogen and oxygen atoms in total. The predicted octanol–water partition coefficient (Wildman–Crippen LogP) is 0.320. The molecule has 0 aromatic heterocycles. The molecule has 0 saturated carbocycles. The average molecular weight is 210 g/mol. The Morgan fingerprint density at radius 2 is 2.00 bits per heavy atom. The number of carbonyl (C=O) groups excluding carboxylic acids is 2. The minimum Gasteiger partial charge on any atom is -0.340 e. The molecule has 1 N–H and O–H groups in total. The summed E-state index contributed by atoms with van der Waals surface area (Å²) in [6, 6.07) is 0.00644. The van der Waals surface area contributed by atoms with Crippen molar-refractivity contribution < 1.29 is 9.59 Å². The number of likely N-dealkylation sites (tertiary alicyclic amines) is 1. The van der Waals surface area contributed by atoms with Gasteiger partial charge in [0.25, 0.3) is 0 Å². The number of nitrogens with zero attached hydrogens (tertiary/aromatic N) is 1. The van der Waals surface area contributed by atoms with Gasteiger partial charge in [0.1, 0.15) is 5.78 Å². The van der Waals surface area contributed by atoms with Gasteiger partial charge in [-0.1, -0.05) is 6.42 Å². The Bertz CT molecular complexity index is 249. The van der Waals surface area contributed by atoms with E-state index in [0.29, 0.717) is 25.9 Å². The molecule has 0 radical (unpaired) electrons. The number of nitrogens with one attached hydrogen (secondary N) is 1. The van der Waals surface area contributed by atoms with Gasteiger partial charge in [0, 0.05) is 25.9 Å². The van der Waals surface area contributed by atoms with Gasteiger partial charge < -0.3 is 10.2 Å². The lowest BCUT2D eigenvalue weighted by Gasteiger charge is -2.31. The Morgan fingerprint density at radius 1 is 1.27 bits per heavy atom. The van der Waals surface area contributed by atoms with Gasteiger partial charge in [0.2, 0.25) is 5.91 Å².